The lowest BCUT2D eigenvalue weighted by Crippen LogP contribution is -2.31. The molecule has 0 saturated heterocycles. The molecule has 0 aliphatic heterocycles. The highest BCUT2D eigenvalue weighted by molar-refractivity contribution is 5.16. The second kappa shape index (κ2) is 8.79. The van der Waals surface area contributed by atoms with Crippen LogP contribution in [0.15, 0.2) is 30.7 Å². The van der Waals surface area contributed by atoms with Gasteiger partial charge in [0, 0.05) is 56.4 Å². The van der Waals surface area contributed by atoms with Crippen LogP contribution in [0.4, 0.5) is 0 Å². The van der Waals surface area contributed by atoms with Crippen molar-refractivity contribution in [3.63, 3.8) is 0 Å². The van der Waals surface area contributed by atoms with Crippen LogP contribution >= 0.6 is 0 Å². The Morgan fingerprint density at radius 1 is 1.13 bits per heavy atom. The van der Waals surface area contributed by atoms with Gasteiger partial charge in [-0.15, -0.1) is 0 Å². The second-order valence-electron chi connectivity index (χ2n) is 6.35. The van der Waals surface area contributed by atoms with E-state index >= 15 is 0 Å². The first-order valence-electron chi connectivity index (χ1n) is 8.37. The van der Waals surface area contributed by atoms with Gasteiger partial charge in [-0.25, -0.2) is 0 Å². The van der Waals surface area contributed by atoms with Crippen LogP contribution < -0.4 is 0 Å². The van der Waals surface area contributed by atoms with Gasteiger partial charge in [0.05, 0.1) is 6.20 Å². The highest BCUT2D eigenvalue weighted by Gasteiger charge is 2.12. The van der Waals surface area contributed by atoms with Crippen molar-refractivity contribution in [3.8, 4) is 0 Å². The van der Waals surface area contributed by atoms with Gasteiger partial charge in [0.15, 0.2) is 0 Å². The maximum atomic E-state index is 4.53. The molecule has 5 nitrogen and oxygen atoms in total. The van der Waals surface area contributed by atoms with E-state index in [1.165, 1.54) is 16.8 Å². The molecular weight excluding hydrogens is 286 g/mol. The van der Waals surface area contributed by atoms with Crippen molar-refractivity contribution in [1.82, 2.24) is 24.6 Å². The lowest BCUT2D eigenvalue weighted by atomic mass is 10.2. The number of pyridine rings is 1. The number of aromatic nitrogens is 3. The van der Waals surface area contributed by atoms with Crippen molar-refractivity contribution in [2.45, 2.75) is 39.9 Å². The maximum Gasteiger partial charge on any atom is 0.0537 e. The summed E-state index contributed by atoms with van der Waals surface area (Å²) in [6, 6.07) is 4.15. The van der Waals surface area contributed by atoms with Crippen molar-refractivity contribution >= 4 is 0 Å². The Morgan fingerprint density at radius 2 is 1.96 bits per heavy atom. The van der Waals surface area contributed by atoms with Crippen LogP contribution in [0.5, 0.6) is 0 Å². The van der Waals surface area contributed by atoms with Crippen LogP contribution in [0.25, 0.3) is 0 Å². The molecule has 2 heterocycles. The van der Waals surface area contributed by atoms with E-state index in [4.69, 9.17) is 0 Å². The van der Waals surface area contributed by atoms with Gasteiger partial charge in [0.25, 0.3) is 0 Å². The van der Waals surface area contributed by atoms with E-state index in [9.17, 15) is 0 Å². The zero-order valence-corrected chi connectivity index (χ0v) is 14.9. The minimum atomic E-state index is 0.917. The summed E-state index contributed by atoms with van der Waals surface area (Å²) in [5.74, 6) is 0. The molecule has 5 heteroatoms. The molecule has 23 heavy (non-hydrogen) atoms. The maximum absolute atomic E-state index is 4.53. The number of hydrogen-bond acceptors (Lipinski definition) is 4. The van der Waals surface area contributed by atoms with Crippen molar-refractivity contribution in [3.05, 3.63) is 47.5 Å². The Balaban J connectivity index is 2.07. The first-order valence-corrected chi connectivity index (χ1v) is 8.37. The fraction of sp³-hybridized carbons (Fsp3) is 0.556. The first kappa shape index (κ1) is 17.6. The predicted molar refractivity (Wildman–Crippen MR) is 94.2 cm³/mol. The van der Waals surface area contributed by atoms with Crippen molar-refractivity contribution in [1.29, 1.82) is 0 Å². The van der Waals surface area contributed by atoms with Crippen LogP contribution in [0.1, 0.15) is 30.2 Å². The van der Waals surface area contributed by atoms with Gasteiger partial charge in [0.2, 0.25) is 0 Å². The Hall–Kier alpha value is -1.72. The lowest BCUT2D eigenvalue weighted by molar-refractivity contribution is 0.225. The third-order valence-corrected chi connectivity index (χ3v) is 4.03. The molecular formula is C18H29N5. The molecule has 0 fully saturated rings. The van der Waals surface area contributed by atoms with E-state index in [1.54, 1.807) is 0 Å². The molecule has 0 saturated carbocycles. The summed E-state index contributed by atoms with van der Waals surface area (Å²) in [6.45, 7) is 9.27. The zero-order chi connectivity index (χ0) is 16.7. The average Bonchev–Trinajstić information content (AvgIpc) is 2.87. The summed E-state index contributed by atoms with van der Waals surface area (Å²) >= 11 is 0. The van der Waals surface area contributed by atoms with Gasteiger partial charge in [-0.2, -0.15) is 5.10 Å². The van der Waals surface area contributed by atoms with Crippen molar-refractivity contribution in [2.75, 3.05) is 27.2 Å². The summed E-state index contributed by atoms with van der Waals surface area (Å²) in [7, 11) is 4.24. The predicted octanol–water partition coefficient (Wildman–Crippen LogP) is 2.56. The second-order valence-corrected chi connectivity index (χ2v) is 6.35. The molecule has 0 unspecified atom stereocenters. The van der Waals surface area contributed by atoms with Gasteiger partial charge in [-0.1, -0.05) is 13.0 Å². The van der Waals surface area contributed by atoms with Gasteiger partial charge in [0.1, 0.15) is 0 Å². The molecule has 2 rings (SSSR count). The Labute approximate surface area is 139 Å². The van der Waals surface area contributed by atoms with E-state index in [0.29, 0.717) is 0 Å². The molecule has 126 valence electrons. The minimum Gasteiger partial charge on any atom is -0.308 e. The first-order chi connectivity index (χ1) is 11.1. The van der Waals surface area contributed by atoms with Gasteiger partial charge >= 0.3 is 0 Å². The molecule has 2 aromatic heterocycles. The number of rotatable bonds is 9. The highest BCUT2D eigenvalue weighted by Crippen LogP contribution is 2.13. The van der Waals surface area contributed by atoms with Crippen LogP contribution in [-0.2, 0) is 19.6 Å². The van der Waals surface area contributed by atoms with Gasteiger partial charge < -0.3 is 4.90 Å². The van der Waals surface area contributed by atoms with E-state index < -0.39 is 0 Å². The van der Waals surface area contributed by atoms with Gasteiger partial charge in [-0.3, -0.25) is 14.6 Å². The molecule has 2 aromatic rings. The highest BCUT2D eigenvalue weighted by atomic mass is 15.3. The molecule has 0 bridgehead atoms. The Bertz CT molecular complexity index is 576. The Kier molecular flexibility index (Phi) is 6.74. The monoisotopic (exact) mass is 315 g/mol. The third kappa shape index (κ3) is 5.44. The van der Waals surface area contributed by atoms with Crippen LogP contribution in [-0.4, -0.2) is 51.7 Å². The number of hydrogen-bond donors (Lipinski definition) is 0. The fourth-order valence-corrected chi connectivity index (χ4v) is 2.62. The van der Waals surface area contributed by atoms with Crippen LogP contribution in [0, 0.1) is 6.92 Å². The van der Waals surface area contributed by atoms with Crippen LogP contribution in [0.2, 0.25) is 0 Å². The standard InChI is InChI=1S/C18H29N5/c1-5-9-23-16(2)18(13-20-23)15-22(11-10-21(3)4)14-17-7-6-8-19-12-17/h6-8,12-13H,5,9-11,14-15H2,1-4H3. The molecule has 0 aromatic carbocycles. The summed E-state index contributed by atoms with van der Waals surface area (Å²) < 4.78 is 2.11. The van der Waals surface area contributed by atoms with E-state index in [2.05, 4.69) is 58.6 Å². The summed E-state index contributed by atoms with van der Waals surface area (Å²) in [5, 5.41) is 4.53. The molecule has 0 N–H and O–H groups in total. The SMILES string of the molecule is CCCn1ncc(CN(CCN(C)C)Cc2cccnc2)c1C. The number of likely N-dealkylation sites (N-methyl/N-ethyl adjacent to an activating group) is 1. The van der Waals surface area contributed by atoms with Crippen LogP contribution in [0.3, 0.4) is 0 Å². The molecule has 0 amide bonds. The van der Waals surface area contributed by atoms with Crippen molar-refractivity contribution < 1.29 is 0 Å². The lowest BCUT2D eigenvalue weighted by Gasteiger charge is -2.24. The third-order valence-electron chi connectivity index (χ3n) is 4.03. The zero-order valence-electron chi connectivity index (χ0n) is 14.9. The van der Waals surface area contributed by atoms with E-state index in [1.807, 2.05) is 24.7 Å². The average molecular weight is 315 g/mol. The molecule has 0 radical (unpaired) electrons. The Morgan fingerprint density at radius 3 is 2.61 bits per heavy atom. The van der Waals surface area contributed by atoms with Crippen molar-refractivity contribution in [2.24, 2.45) is 0 Å². The normalized spacial score (nSPS) is 11.6. The van der Waals surface area contributed by atoms with Gasteiger partial charge in [-0.05, 0) is 39.1 Å². The molecule has 0 aliphatic carbocycles. The summed E-state index contributed by atoms with van der Waals surface area (Å²) in [5.41, 5.74) is 3.86. The number of nitrogens with zero attached hydrogens (tertiary/aromatic N) is 5. The summed E-state index contributed by atoms with van der Waals surface area (Å²) in [4.78, 5) is 8.93. The van der Waals surface area contributed by atoms with E-state index in [-0.39, 0.29) is 0 Å². The van der Waals surface area contributed by atoms with E-state index in [0.717, 1.165) is 39.1 Å². The molecule has 0 atom stereocenters. The molecule has 0 aliphatic rings. The largest absolute Gasteiger partial charge is 0.308 e. The quantitative estimate of drug-likeness (QED) is 0.713. The molecule has 0 spiro atoms. The number of aryl methyl sites for hydroxylation is 1. The fourth-order valence-electron chi connectivity index (χ4n) is 2.62. The minimum absolute atomic E-state index is 0.917. The summed E-state index contributed by atoms with van der Waals surface area (Å²) in [6.07, 6.45) is 6.92. The smallest absolute Gasteiger partial charge is 0.0537 e. The topological polar surface area (TPSA) is 37.2 Å².